The standard InChI is InChI=1S/C72H46/c1-5-23-47(24-6-1)53-39-21-41-55-65(49-27-9-3-10-28-49)43-51(45-67(53)55)69-57-31-13-17-35-61(57)71(62-36-18-14-32-58(62)69)72-63-37-19-15-33-59(63)70(60-34-16-20-38-64(60)72)52-44-66(50-29-11-4-12-30-50)56-42-22-40-54(68(56)46-52)48-25-7-2-8-26-48/h1-46H. The van der Waals surface area contributed by atoms with E-state index in [0.717, 1.165) is 0 Å². The molecule has 0 fully saturated rings. The molecule has 0 radical (unpaired) electrons. The third kappa shape index (κ3) is 6.76. The first-order valence-electron chi connectivity index (χ1n) is 25.0. The molecule has 0 spiro atoms. The number of hydrogen-bond donors (Lipinski definition) is 0. The number of hydrogen-bond acceptors (Lipinski definition) is 0. The van der Waals surface area contributed by atoms with Crippen LogP contribution >= 0.6 is 0 Å². The van der Waals surface area contributed by atoms with Crippen LogP contribution in [0.4, 0.5) is 0 Å². The molecule has 0 N–H and O–H groups in total. The third-order valence-corrected chi connectivity index (χ3v) is 15.0. The first-order chi connectivity index (χ1) is 35.8. The van der Waals surface area contributed by atoms with E-state index in [1.54, 1.807) is 0 Å². The zero-order valence-corrected chi connectivity index (χ0v) is 39.6. The lowest BCUT2D eigenvalue weighted by atomic mass is 9.80. The van der Waals surface area contributed by atoms with E-state index in [9.17, 15) is 0 Å². The second-order valence-electron chi connectivity index (χ2n) is 19.0. The van der Waals surface area contributed by atoms with Crippen molar-refractivity contribution in [2.45, 2.75) is 0 Å². The van der Waals surface area contributed by atoms with E-state index in [1.165, 1.54) is 143 Å². The van der Waals surface area contributed by atoms with Gasteiger partial charge in [-0.1, -0.05) is 255 Å². The minimum atomic E-state index is 1.20. The molecule has 0 aliphatic carbocycles. The van der Waals surface area contributed by atoms with Gasteiger partial charge in [-0.3, -0.25) is 0 Å². The van der Waals surface area contributed by atoms with Gasteiger partial charge in [0.2, 0.25) is 0 Å². The van der Waals surface area contributed by atoms with Crippen LogP contribution in [0, 0.1) is 0 Å². The molecule has 0 amide bonds. The lowest BCUT2D eigenvalue weighted by Crippen LogP contribution is -1.96. The maximum absolute atomic E-state index is 2.45. The molecule has 0 saturated carbocycles. The summed E-state index contributed by atoms with van der Waals surface area (Å²) in [7, 11) is 0. The van der Waals surface area contributed by atoms with E-state index in [0.29, 0.717) is 0 Å². The van der Waals surface area contributed by atoms with Gasteiger partial charge >= 0.3 is 0 Å². The first kappa shape index (κ1) is 41.6. The Balaban J connectivity index is 1.08. The molecule has 0 heterocycles. The Morgan fingerprint density at radius 2 is 0.361 bits per heavy atom. The predicted octanol–water partition coefficient (Wildman–Crippen LogP) is 20.3. The second-order valence-corrected chi connectivity index (χ2v) is 19.0. The fourth-order valence-electron chi connectivity index (χ4n) is 11.9. The van der Waals surface area contributed by atoms with Crippen molar-refractivity contribution in [2.75, 3.05) is 0 Å². The Morgan fingerprint density at radius 3 is 0.653 bits per heavy atom. The summed E-state index contributed by atoms with van der Waals surface area (Å²) in [6.45, 7) is 0. The van der Waals surface area contributed by atoms with Crippen molar-refractivity contribution in [2.24, 2.45) is 0 Å². The van der Waals surface area contributed by atoms with Crippen LogP contribution in [0.1, 0.15) is 0 Å². The van der Waals surface area contributed by atoms with E-state index in [-0.39, 0.29) is 0 Å². The zero-order valence-electron chi connectivity index (χ0n) is 39.6. The summed E-state index contributed by atoms with van der Waals surface area (Å²) in [5, 5.41) is 14.8. The van der Waals surface area contributed by atoms with Gasteiger partial charge < -0.3 is 0 Å². The van der Waals surface area contributed by atoms with Crippen LogP contribution in [0.25, 0.3) is 143 Å². The van der Waals surface area contributed by atoms with Crippen LogP contribution in [0.2, 0.25) is 0 Å². The van der Waals surface area contributed by atoms with Gasteiger partial charge in [0.05, 0.1) is 0 Å². The summed E-state index contributed by atoms with van der Waals surface area (Å²) in [5.41, 5.74) is 17.2. The Bertz CT molecular complexity index is 4000. The Kier molecular flexibility index (Phi) is 9.96. The van der Waals surface area contributed by atoms with Crippen LogP contribution in [0.15, 0.2) is 279 Å². The van der Waals surface area contributed by atoms with E-state index in [4.69, 9.17) is 0 Å². The lowest BCUT2D eigenvalue weighted by Gasteiger charge is -2.23. The Hall–Kier alpha value is -9.36. The zero-order chi connectivity index (χ0) is 47.5. The molecule has 0 heteroatoms. The van der Waals surface area contributed by atoms with Gasteiger partial charge in [0.25, 0.3) is 0 Å². The molecular weight excluding hydrogens is 865 g/mol. The third-order valence-electron chi connectivity index (χ3n) is 15.0. The second kappa shape index (κ2) is 17.2. The summed E-state index contributed by atoms with van der Waals surface area (Å²) in [6, 6.07) is 103. The summed E-state index contributed by atoms with van der Waals surface area (Å²) in [6.07, 6.45) is 0. The van der Waals surface area contributed by atoms with E-state index in [1.807, 2.05) is 0 Å². The molecule has 0 nitrogen and oxygen atoms in total. The fraction of sp³-hybridized carbons (Fsp3) is 0. The van der Waals surface area contributed by atoms with Crippen LogP contribution in [0.3, 0.4) is 0 Å². The average Bonchev–Trinajstić information content (AvgIpc) is 3.46. The first-order valence-corrected chi connectivity index (χ1v) is 25.0. The van der Waals surface area contributed by atoms with Gasteiger partial charge in [-0.2, -0.15) is 0 Å². The minimum absolute atomic E-state index is 1.20. The Morgan fingerprint density at radius 1 is 0.125 bits per heavy atom. The van der Waals surface area contributed by atoms with Gasteiger partial charge in [-0.05, 0) is 167 Å². The molecule has 0 bridgehead atoms. The molecule has 0 atom stereocenters. The largest absolute Gasteiger partial charge is 0.0622 e. The van der Waals surface area contributed by atoms with Crippen LogP contribution in [-0.2, 0) is 0 Å². The number of fused-ring (bicyclic) bond motifs is 6. The number of benzene rings is 14. The molecule has 0 aliphatic heterocycles. The van der Waals surface area contributed by atoms with Crippen LogP contribution < -0.4 is 0 Å². The van der Waals surface area contributed by atoms with Crippen molar-refractivity contribution in [3.8, 4) is 77.9 Å². The topological polar surface area (TPSA) is 0 Å². The average molecular weight is 911 g/mol. The van der Waals surface area contributed by atoms with Crippen molar-refractivity contribution < 1.29 is 0 Å². The molecule has 14 rings (SSSR count). The summed E-state index contributed by atoms with van der Waals surface area (Å²) >= 11 is 0. The van der Waals surface area contributed by atoms with Gasteiger partial charge in [-0.25, -0.2) is 0 Å². The summed E-state index contributed by atoms with van der Waals surface area (Å²) < 4.78 is 0. The highest BCUT2D eigenvalue weighted by Gasteiger charge is 2.24. The fourth-order valence-corrected chi connectivity index (χ4v) is 11.9. The van der Waals surface area contributed by atoms with Gasteiger partial charge in [0, 0.05) is 0 Å². The summed E-state index contributed by atoms with van der Waals surface area (Å²) in [4.78, 5) is 0. The maximum Gasteiger partial charge on any atom is -0.00139 e. The van der Waals surface area contributed by atoms with Gasteiger partial charge in [0.15, 0.2) is 0 Å². The molecule has 72 heavy (non-hydrogen) atoms. The summed E-state index contributed by atoms with van der Waals surface area (Å²) in [5.74, 6) is 0. The SMILES string of the molecule is c1ccc(-c2cc(-c3c4ccccc4c(-c4c5ccccc5c(-c5cc(-c6ccccc6)c6cccc(-c7ccccc7)c6c5)c5ccccc45)c4ccccc34)cc3c(-c4ccccc4)cccc23)cc1. The molecule has 334 valence electrons. The Labute approximate surface area is 419 Å². The molecule has 0 aromatic heterocycles. The van der Waals surface area contributed by atoms with Crippen molar-refractivity contribution in [3.05, 3.63) is 279 Å². The minimum Gasteiger partial charge on any atom is -0.0622 e. The van der Waals surface area contributed by atoms with E-state index < -0.39 is 0 Å². The molecule has 0 unspecified atom stereocenters. The molecular formula is C72H46. The molecule has 14 aromatic carbocycles. The van der Waals surface area contributed by atoms with Crippen molar-refractivity contribution in [1.29, 1.82) is 0 Å². The molecule has 0 saturated heterocycles. The normalized spacial score (nSPS) is 11.6. The monoisotopic (exact) mass is 910 g/mol. The van der Waals surface area contributed by atoms with Gasteiger partial charge in [0.1, 0.15) is 0 Å². The van der Waals surface area contributed by atoms with Crippen LogP contribution in [0.5, 0.6) is 0 Å². The van der Waals surface area contributed by atoms with Crippen molar-refractivity contribution in [3.63, 3.8) is 0 Å². The van der Waals surface area contributed by atoms with E-state index in [2.05, 4.69) is 279 Å². The van der Waals surface area contributed by atoms with Crippen molar-refractivity contribution >= 4 is 64.6 Å². The highest BCUT2D eigenvalue weighted by molar-refractivity contribution is 6.30. The molecule has 0 aliphatic rings. The highest BCUT2D eigenvalue weighted by Crippen LogP contribution is 2.52. The predicted molar refractivity (Wildman–Crippen MR) is 310 cm³/mol. The highest BCUT2D eigenvalue weighted by atomic mass is 14.3. The molecule has 14 aromatic rings. The van der Waals surface area contributed by atoms with Gasteiger partial charge in [-0.15, -0.1) is 0 Å². The van der Waals surface area contributed by atoms with Crippen molar-refractivity contribution in [1.82, 2.24) is 0 Å². The quantitative estimate of drug-likeness (QED) is 0.140. The smallest absolute Gasteiger partial charge is 0.00139 e. The number of rotatable bonds is 7. The van der Waals surface area contributed by atoms with E-state index >= 15 is 0 Å². The lowest BCUT2D eigenvalue weighted by molar-refractivity contribution is 1.62. The maximum atomic E-state index is 2.45. The van der Waals surface area contributed by atoms with Crippen LogP contribution in [-0.4, -0.2) is 0 Å².